The minimum atomic E-state index is -1.92. The molecular formula is C11H14N2O7. The monoisotopic (exact) mass is 286 g/mol. The van der Waals surface area contributed by atoms with Crippen LogP contribution in [-0.4, -0.2) is 55.6 Å². The number of ether oxygens (including phenoxy) is 2. The zero-order valence-electron chi connectivity index (χ0n) is 10.5. The Morgan fingerprint density at radius 2 is 2.20 bits per heavy atom. The molecule has 0 aliphatic carbocycles. The van der Waals surface area contributed by atoms with Gasteiger partial charge in [0.15, 0.2) is 6.23 Å². The van der Waals surface area contributed by atoms with Crippen LogP contribution in [0.15, 0.2) is 15.8 Å². The van der Waals surface area contributed by atoms with Crippen LogP contribution in [0.1, 0.15) is 11.8 Å². The van der Waals surface area contributed by atoms with E-state index in [0.29, 0.717) is 0 Å². The molecule has 2 aliphatic heterocycles. The third kappa shape index (κ3) is 1.61. The van der Waals surface area contributed by atoms with Gasteiger partial charge >= 0.3 is 5.69 Å². The van der Waals surface area contributed by atoms with Gasteiger partial charge in [-0.25, -0.2) is 4.79 Å². The Morgan fingerprint density at radius 3 is 2.85 bits per heavy atom. The number of aromatic nitrogens is 2. The molecule has 3 heterocycles. The summed E-state index contributed by atoms with van der Waals surface area (Å²) in [5.74, 6) is -1.92. The van der Waals surface area contributed by atoms with Crippen LogP contribution in [0.4, 0.5) is 0 Å². The van der Waals surface area contributed by atoms with Crippen LogP contribution in [-0.2, 0) is 9.47 Å². The van der Waals surface area contributed by atoms with Gasteiger partial charge in [0, 0.05) is 11.8 Å². The molecule has 110 valence electrons. The highest BCUT2D eigenvalue weighted by Gasteiger charge is 2.68. The fourth-order valence-corrected chi connectivity index (χ4v) is 2.53. The highest BCUT2D eigenvalue weighted by Crippen LogP contribution is 2.49. The Bertz CT molecular complexity index is 653. The first-order chi connectivity index (χ1) is 9.38. The molecule has 1 aromatic rings. The van der Waals surface area contributed by atoms with Crippen molar-refractivity contribution >= 4 is 0 Å². The second kappa shape index (κ2) is 4.24. The van der Waals surface area contributed by atoms with Crippen molar-refractivity contribution in [1.82, 2.24) is 9.55 Å². The summed E-state index contributed by atoms with van der Waals surface area (Å²) >= 11 is 0. The molecule has 0 saturated carbocycles. The van der Waals surface area contributed by atoms with Gasteiger partial charge in [0.2, 0.25) is 5.79 Å². The average Bonchev–Trinajstić information content (AvgIpc) is 2.57. The molecule has 0 radical (unpaired) electrons. The van der Waals surface area contributed by atoms with Crippen molar-refractivity contribution in [2.75, 3.05) is 6.61 Å². The van der Waals surface area contributed by atoms with Gasteiger partial charge in [0.25, 0.3) is 5.56 Å². The molecule has 2 saturated heterocycles. The minimum Gasteiger partial charge on any atom is -0.394 e. The number of aryl methyl sites for hydroxylation is 1. The maximum Gasteiger partial charge on any atom is 0.330 e. The zero-order valence-corrected chi connectivity index (χ0v) is 10.5. The molecule has 0 amide bonds. The van der Waals surface area contributed by atoms with E-state index >= 15 is 0 Å². The van der Waals surface area contributed by atoms with Gasteiger partial charge in [-0.3, -0.25) is 14.3 Å². The Morgan fingerprint density at radius 1 is 1.50 bits per heavy atom. The van der Waals surface area contributed by atoms with Crippen molar-refractivity contribution in [3.63, 3.8) is 0 Å². The molecule has 0 aromatic carbocycles. The molecule has 3 rings (SSSR count). The normalized spacial score (nSPS) is 39.4. The topological polar surface area (TPSA) is 134 Å². The summed E-state index contributed by atoms with van der Waals surface area (Å²) in [7, 11) is 0. The summed E-state index contributed by atoms with van der Waals surface area (Å²) in [5, 5.41) is 29.1. The molecule has 1 aromatic heterocycles. The van der Waals surface area contributed by atoms with Gasteiger partial charge in [-0.1, -0.05) is 0 Å². The van der Waals surface area contributed by atoms with Crippen LogP contribution < -0.4 is 11.2 Å². The third-order valence-electron chi connectivity index (χ3n) is 3.65. The van der Waals surface area contributed by atoms with E-state index in [0.717, 1.165) is 4.57 Å². The smallest absolute Gasteiger partial charge is 0.330 e. The first-order valence-corrected chi connectivity index (χ1v) is 6.05. The van der Waals surface area contributed by atoms with E-state index in [1.807, 2.05) is 0 Å². The molecule has 9 nitrogen and oxygen atoms in total. The molecule has 1 unspecified atom stereocenters. The van der Waals surface area contributed by atoms with Gasteiger partial charge in [0.05, 0.1) is 6.61 Å². The Hall–Kier alpha value is -1.52. The zero-order chi connectivity index (χ0) is 14.7. The van der Waals surface area contributed by atoms with Gasteiger partial charge in [-0.15, -0.1) is 0 Å². The fraction of sp³-hybridized carbons (Fsp3) is 0.636. The molecule has 9 heteroatoms. The number of nitrogens with zero attached hydrogens (tertiary/aromatic N) is 1. The molecule has 20 heavy (non-hydrogen) atoms. The Balaban J connectivity index is 1.97. The highest BCUT2D eigenvalue weighted by molar-refractivity contribution is 5.09. The lowest BCUT2D eigenvalue weighted by atomic mass is 9.97. The van der Waals surface area contributed by atoms with Crippen molar-refractivity contribution in [1.29, 1.82) is 0 Å². The molecule has 0 bridgehead atoms. The van der Waals surface area contributed by atoms with E-state index in [2.05, 4.69) is 4.98 Å². The minimum absolute atomic E-state index is 0.262. The maximum atomic E-state index is 11.7. The fourth-order valence-electron chi connectivity index (χ4n) is 2.53. The number of H-pyrrole nitrogens is 1. The molecular weight excluding hydrogens is 272 g/mol. The van der Waals surface area contributed by atoms with E-state index in [1.54, 1.807) is 0 Å². The maximum absolute atomic E-state index is 11.7. The van der Waals surface area contributed by atoms with Crippen LogP contribution in [0.3, 0.4) is 0 Å². The number of hydrogen-bond acceptors (Lipinski definition) is 7. The first kappa shape index (κ1) is 13.5. The number of aromatic amines is 1. The van der Waals surface area contributed by atoms with Crippen LogP contribution >= 0.6 is 0 Å². The lowest BCUT2D eigenvalue weighted by molar-refractivity contribution is -0.403. The molecule has 0 spiro atoms. The number of rotatable bonds is 2. The highest BCUT2D eigenvalue weighted by atomic mass is 16.7. The summed E-state index contributed by atoms with van der Waals surface area (Å²) in [6.07, 6.45) is -3.19. The van der Waals surface area contributed by atoms with E-state index < -0.39 is 48.2 Å². The Labute approximate surface area is 112 Å². The number of nitrogens with one attached hydrogen (secondary N) is 1. The largest absolute Gasteiger partial charge is 0.394 e. The van der Waals surface area contributed by atoms with Crippen LogP contribution in [0.25, 0.3) is 0 Å². The lowest BCUT2D eigenvalue weighted by Crippen LogP contribution is -2.64. The van der Waals surface area contributed by atoms with E-state index in [4.69, 9.17) is 14.6 Å². The SMILES string of the molecule is Cc1cn(C2O[C@@H]3[C@H](O)[C@@H](CO)O[C@]23O)c(=O)[nH]c1=O. The third-order valence-corrected chi connectivity index (χ3v) is 3.65. The van der Waals surface area contributed by atoms with Crippen molar-refractivity contribution in [2.24, 2.45) is 0 Å². The summed E-state index contributed by atoms with van der Waals surface area (Å²) in [6, 6.07) is 0. The summed E-state index contributed by atoms with van der Waals surface area (Å²) < 4.78 is 11.4. The van der Waals surface area contributed by atoms with Gasteiger partial charge in [-0.05, 0) is 6.92 Å². The van der Waals surface area contributed by atoms with E-state index in [1.165, 1.54) is 13.1 Å². The summed E-state index contributed by atoms with van der Waals surface area (Å²) in [6.45, 7) is 1.01. The van der Waals surface area contributed by atoms with Crippen molar-refractivity contribution in [2.45, 2.75) is 37.3 Å². The van der Waals surface area contributed by atoms with Gasteiger partial charge < -0.3 is 24.8 Å². The molecule has 5 atom stereocenters. The van der Waals surface area contributed by atoms with Crippen molar-refractivity contribution in [3.8, 4) is 0 Å². The van der Waals surface area contributed by atoms with E-state index in [-0.39, 0.29) is 5.56 Å². The standard InChI is InChI=1S/C11H14N2O7/c1-4-2-13(10(17)12-8(4)16)9-11(18)7(19-9)6(15)5(3-14)20-11/h2,5-7,9,14-15,18H,3H2,1H3,(H,12,16,17)/t5-,6-,7-,9?,11+/m1/s1. The number of aliphatic hydroxyl groups is 3. The summed E-state index contributed by atoms with van der Waals surface area (Å²) in [4.78, 5) is 25.1. The average molecular weight is 286 g/mol. The van der Waals surface area contributed by atoms with Crippen LogP contribution in [0.5, 0.6) is 0 Å². The van der Waals surface area contributed by atoms with Crippen molar-refractivity contribution < 1.29 is 24.8 Å². The number of hydrogen-bond donors (Lipinski definition) is 4. The van der Waals surface area contributed by atoms with Gasteiger partial charge in [0.1, 0.15) is 18.3 Å². The van der Waals surface area contributed by atoms with Crippen LogP contribution in [0, 0.1) is 6.92 Å². The second-order valence-corrected chi connectivity index (χ2v) is 4.97. The van der Waals surface area contributed by atoms with E-state index in [9.17, 15) is 19.8 Å². The quantitative estimate of drug-likeness (QED) is 0.461. The van der Waals surface area contributed by atoms with Crippen LogP contribution in [0.2, 0.25) is 0 Å². The Kier molecular flexibility index (Phi) is 2.85. The number of fused-ring (bicyclic) bond motifs is 1. The summed E-state index contributed by atoms with van der Waals surface area (Å²) in [5.41, 5.74) is -1.03. The molecule has 2 aliphatic rings. The van der Waals surface area contributed by atoms with Crippen molar-refractivity contribution in [3.05, 3.63) is 32.6 Å². The number of aliphatic hydroxyl groups excluding tert-OH is 2. The first-order valence-electron chi connectivity index (χ1n) is 6.05. The second-order valence-electron chi connectivity index (χ2n) is 4.97. The predicted octanol–water partition coefficient (Wildman–Crippen LogP) is -2.82. The van der Waals surface area contributed by atoms with Gasteiger partial charge in [-0.2, -0.15) is 0 Å². The molecule has 4 N–H and O–H groups in total. The molecule has 2 fully saturated rings. The predicted molar refractivity (Wildman–Crippen MR) is 62.9 cm³/mol. The lowest BCUT2D eigenvalue weighted by Gasteiger charge is -2.46.